The minimum Gasteiger partial charge on any atom is -0.436 e. The Hall–Kier alpha value is -2.03. The van der Waals surface area contributed by atoms with Crippen LogP contribution in [0, 0.1) is 12.3 Å². The number of furan rings is 1. The van der Waals surface area contributed by atoms with Crippen molar-refractivity contribution in [3.8, 4) is 0 Å². The number of rotatable bonds is 2. The van der Waals surface area contributed by atoms with Crippen molar-refractivity contribution in [2.75, 3.05) is 4.90 Å². The standard InChI is InChI=1S/C25H32N2O/c1-5-20-25(13-7-6-8-14-25)16-24(3,4)27(20)21-17(2)11-12-18-19-10-9-15-26-23(19)28-22(18)21/h9-12,15,20H,5-8,13-14,16H2,1-4H3. The molecule has 1 aromatic carbocycles. The Labute approximate surface area is 168 Å². The molecular formula is C25H32N2O. The van der Waals surface area contributed by atoms with Gasteiger partial charge in [0, 0.05) is 28.6 Å². The van der Waals surface area contributed by atoms with E-state index in [1.807, 2.05) is 12.3 Å². The maximum absolute atomic E-state index is 6.39. The minimum absolute atomic E-state index is 0.128. The molecule has 1 saturated carbocycles. The summed E-state index contributed by atoms with van der Waals surface area (Å²) in [5.74, 6) is 0. The molecule has 3 nitrogen and oxygen atoms in total. The molecule has 1 aliphatic heterocycles. The van der Waals surface area contributed by atoms with Crippen LogP contribution in [0.25, 0.3) is 22.1 Å². The van der Waals surface area contributed by atoms with Gasteiger partial charge in [-0.3, -0.25) is 0 Å². The number of pyridine rings is 1. The zero-order chi connectivity index (χ0) is 19.5. The molecule has 0 radical (unpaired) electrons. The molecule has 0 bridgehead atoms. The Morgan fingerprint density at radius 3 is 2.64 bits per heavy atom. The van der Waals surface area contributed by atoms with Crippen LogP contribution in [-0.4, -0.2) is 16.6 Å². The third-order valence-corrected chi connectivity index (χ3v) is 7.53. The highest BCUT2D eigenvalue weighted by molar-refractivity contribution is 6.08. The van der Waals surface area contributed by atoms with Crippen molar-refractivity contribution in [2.45, 2.75) is 84.2 Å². The van der Waals surface area contributed by atoms with Crippen molar-refractivity contribution in [3.05, 3.63) is 36.0 Å². The van der Waals surface area contributed by atoms with Crippen LogP contribution in [0.4, 0.5) is 5.69 Å². The molecule has 3 heterocycles. The molecule has 3 aromatic rings. The Balaban J connectivity index is 1.75. The first kappa shape index (κ1) is 18.0. The van der Waals surface area contributed by atoms with E-state index in [1.165, 1.54) is 61.6 Å². The van der Waals surface area contributed by atoms with E-state index in [0.29, 0.717) is 11.5 Å². The van der Waals surface area contributed by atoms with Gasteiger partial charge in [0.05, 0.1) is 5.69 Å². The smallest absolute Gasteiger partial charge is 0.227 e. The van der Waals surface area contributed by atoms with Gasteiger partial charge in [0.2, 0.25) is 5.71 Å². The van der Waals surface area contributed by atoms with Gasteiger partial charge in [-0.05, 0) is 69.6 Å². The lowest BCUT2D eigenvalue weighted by Gasteiger charge is -2.42. The molecule has 0 N–H and O–H groups in total. The number of fused-ring (bicyclic) bond motifs is 3. The van der Waals surface area contributed by atoms with Crippen LogP contribution in [0.15, 0.2) is 34.9 Å². The molecular weight excluding hydrogens is 344 g/mol. The van der Waals surface area contributed by atoms with Crippen molar-refractivity contribution < 1.29 is 4.42 Å². The second kappa shape index (κ2) is 6.23. The van der Waals surface area contributed by atoms with E-state index in [2.05, 4.69) is 55.8 Å². The summed E-state index contributed by atoms with van der Waals surface area (Å²) in [4.78, 5) is 7.24. The molecule has 2 aromatic heterocycles. The molecule has 3 heteroatoms. The van der Waals surface area contributed by atoms with Gasteiger partial charge in [-0.25, -0.2) is 4.98 Å². The Morgan fingerprint density at radius 1 is 1.11 bits per heavy atom. The van der Waals surface area contributed by atoms with Crippen molar-refractivity contribution in [2.24, 2.45) is 5.41 Å². The summed E-state index contributed by atoms with van der Waals surface area (Å²) < 4.78 is 6.39. The molecule has 2 fully saturated rings. The molecule has 148 valence electrons. The highest BCUT2D eigenvalue weighted by atomic mass is 16.3. The van der Waals surface area contributed by atoms with Gasteiger partial charge in [-0.1, -0.05) is 38.3 Å². The largest absolute Gasteiger partial charge is 0.436 e. The molecule has 1 saturated heterocycles. The van der Waals surface area contributed by atoms with Crippen LogP contribution in [0.5, 0.6) is 0 Å². The minimum atomic E-state index is 0.128. The van der Waals surface area contributed by atoms with Gasteiger partial charge in [-0.2, -0.15) is 0 Å². The molecule has 2 aliphatic rings. The summed E-state index contributed by atoms with van der Waals surface area (Å²) in [5, 5.41) is 2.31. The van der Waals surface area contributed by atoms with Crippen LogP contribution in [-0.2, 0) is 0 Å². The first-order chi connectivity index (χ1) is 13.5. The van der Waals surface area contributed by atoms with Crippen molar-refractivity contribution in [1.29, 1.82) is 0 Å². The Bertz CT molecular complexity index is 1030. The van der Waals surface area contributed by atoms with E-state index < -0.39 is 0 Å². The van der Waals surface area contributed by atoms with Gasteiger partial charge in [-0.15, -0.1) is 0 Å². The normalized spacial score (nSPS) is 23.9. The summed E-state index contributed by atoms with van der Waals surface area (Å²) in [6.07, 6.45) is 11.2. The quantitative estimate of drug-likeness (QED) is 0.482. The molecule has 1 aliphatic carbocycles. The fraction of sp³-hybridized carbons (Fsp3) is 0.560. The third kappa shape index (κ3) is 2.44. The Kier molecular flexibility index (Phi) is 4.01. The van der Waals surface area contributed by atoms with Gasteiger partial charge >= 0.3 is 0 Å². The number of aromatic nitrogens is 1. The predicted molar refractivity (Wildman–Crippen MR) is 117 cm³/mol. The maximum atomic E-state index is 6.39. The number of hydrogen-bond donors (Lipinski definition) is 0. The van der Waals surface area contributed by atoms with Gasteiger partial charge in [0.25, 0.3) is 0 Å². The Morgan fingerprint density at radius 2 is 1.89 bits per heavy atom. The zero-order valence-electron chi connectivity index (χ0n) is 17.7. The number of anilines is 1. The fourth-order valence-corrected chi connectivity index (χ4v) is 6.66. The average molecular weight is 377 g/mol. The highest BCUT2D eigenvalue weighted by Crippen LogP contribution is 2.57. The van der Waals surface area contributed by atoms with E-state index in [4.69, 9.17) is 4.42 Å². The number of benzene rings is 1. The van der Waals surface area contributed by atoms with Gasteiger partial charge < -0.3 is 9.32 Å². The second-order valence-electron chi connectivity index (χ2n) is 9.77. The van der Waals surface area contributed by atoms with Crippen molar-refractivity contribution in [3.63, 3.8) is 0 Å². The zero-order valence-corrected chi connectivity index (χ0v) is 17.7. The highest BCUT2D eigenvalue weighted by Gasteiger charge is 2.55. The summed E-state index contributed by atoms with van der Waals surface area (Å²) in [7, 11) is 0. The first-order valence-corrected chi connectivity index (χ1v) is 11.0. The SMILES string of the molecule is CCC1N(c2c(C)ccc3c2oc2ncccc23)C(C)(C)CC12CCCCC2. The predicted octanol–water partition coefficient (Wildman–Crippen LogP) is 7.01. The van der Waals surface area contributed by atoms with E-state index in [9.17, 15) is 0 Å². The monoisotopic (exact) mass is 376 g/mol. The molecule has 28 heavy (non-hydrogen) atoms. The van der Waals surface area contributed by atoms with Crippen molar-refractivity contribution in [1.82, 2.24) is 4.98 Å². The van der Waals surface area contributed by atoms with E-state index in [-0.39, 0.29) is 5.54 Å². The van der Waals surface area contributed by atoms with E-state index in [1.54, 1.807) is 0 Å². The summed E-state index contributed by atoms with van der Waals surface area (Å²) in [5.41, 5.74) is 4.97. The lowest BCUT2D eigenvalue weighted by molar-refractivity contribution is 0.161. The van der Waals surface area contributed by atoms with E-state index in [0.717, 1.165) is 16.7 Å². The molecule has 0 amide bonds. The van der Waals surface area contributed by atoms with Crippen LogP contribution in [0.3, 0.4) is 0 Å². The fourth-order valence-electron chi connectivity index (χ4n) is 6.66. The van der Waals surface area contributed by atoms with E-state index >= 15 is 0 Å². The second-order valence-corrected chi connectivity index (χ2v) is 9.77. The molecule has 1 unspecified atom stereocenters. The molecule has 1 spiro atoms. The van der Waals surface area contributed by atoms with Gasteiger partial charge in [0.1, 0.15) is 0 Å². The average Bonchev–Trinajstić information content (AvgIpc) is 3.14. The number of nitrogens with zero attached hydrogens (tertiary/aromatic N) is 2. The number of aryl methyl sites for hydroxylation is 1. The van der Waals surface area contributed by atoms with Gasteiger partial charge in [0.15, 0.2) is 5.58 Å². The van der Waals surface area contributed by atoms with Crippen LogP contribution >= 0.6 is 0 Å². The maximum Gasteiger partial charge on any atom is 0.227 e. The first-order valence-electron chi connectivity index (χ1n) is 11.0. The molecule has 1 atom stereocenters. The number of hydrogen-bond acceptors (Lipinski definition) is 3. The van der Waals surface area contributed by atoms with Crippen LogP contribution < -0.4 is 4.90 Å². The molecule has 5 rings (SSSR count). The summed E-state index contributed by atoms with van der Waals surface area (Å²) in [6.45, 7) is 9.51. The summed E-state index contributed by atoms with van der Waals surface area (Å²) >= 11 is 0. The topological polar surface area (TPSA) is 29.3 Å². The third-order valence-electron chi connectivity index (χ3n) is 7.53. The van der Waals surface area contributed by atoms with Crippen molar-refractivity contribution >= 4 is 27.8 Å². The van der Waals surface area contributed by atoms with Crippen LogP contribution in [0.2, 0.25) is 0 Å². The lowest BCUT2D eigenvalue weighted by atomic mass is 9.67. The lowest BCUT2D eigenvalue weighted by Crippen LogP contribution is -2.46. The summed E-state index contributed by atoms with van der Waals surface area (Å²) in [6, 6.07) is 9.19. The van der Waals surface area contributed by atoms with Crippen LogP contribution in [0.1, 0.15) is 71.3 Å².